The van der Waals surface area contributed by atoms with Gasteiger partial charge in [-0.1, -0.05) is 27.7 Å². The van der Waals surface area contributed by atoms with Gasteiger partial charge >= 0.3 is 6.09 Å². The Bertz CT molecular complexity index is 739. The van der Waals surface area contributed by atoms with Gasteiger partial charge in [0.15, 0.2) is 0 Å². The van der Waals surface area contributed by atoms with Gasteiger partial charge in [-0.05, 0) is 69.9 Å². The summed E-state index contributed by atoms with van der Waals surface area (Å²) in [6.07, 6.45) is 5.71. The number of ether oxygens (including phenoxy) is 2. The molecule has 1 saturated carbocycles. The molecule has 1 aromatic heterocycles. The van der Waals surface area contributed by atoms with Gasteiger partial charge in [0.2, 0.25) is 0 Å². The Morgan fingerprint density at radius 1 is 1.17 bits per heavy atom. The Morgan fingerprint density at radius 3 is 2.27 bits per heavy atom. The van der Waals surface area contributed by atoms with Gasteiger partial charge in [-0.3, -0.25) is 0 Å². The molecule has 0 radical (unpaired) electrons. The van der Waals surface area contributed by atoms with E-state index in [1.54, 1.807) is 0 Å². The lowest BCUT2D eigenvalue weighted by Gasteiger charge is -2.57. The standard InChI is InChI=1S/C20H29N3O3.2C2H6/c1-13-15-14(9-22-16(13)21)10-25-20(15)11-19(12-20)5-7-23(8-6-19)17(24)26-18(2,3)4;2*1-2/h9H,5-8,10-12H2,1-4H3,(H2,21,22);2*1-2H3. The van der Waals surface area contributed by atoms with Crippen molar-refractivity contribution >= 4 is 11.9 Å². The number of nitrogens with two attached hydrogens (primary N) is 1. The minimum absolute atomic E-state index is 0.190. The first kappa shape index (κ1) is 24.4. The summed E-state index contributed by atoms with van der Waals surface area (Å²) in [6.45, 7) is 17.9. The van der Waals surface area contributed by atoms with Crippen LogP contribution in [0.4, 0.5) is 10.6 Å². The van der Waals surface area contributed by atoms with E-state index in [4.69, 9.17) is 15.2 Å². The molecule has 0 bridgehead atoms. The number of likely N-dealkylation sites (tertiary alicyclic amines) is 1. The lowest BCUT2D eigenvalue weighted by Crippen LogP contribution is -2.55. The number of rotatable bonds is 0. The number of aromatic nitrogens is 1. The van der Waals surface area contributed by atoms with Gasteiger partial charge in [0.25, 0.3) is 0 Å². The molecule has 2 aliphatic heterocycles. The predicted molar refractivity (Wildman–Crippen MR) is 121 cm³/mol. The summed E-state index contributed by atoms with van der Waals surface area (Å²) in [6, 6.07) is 0. The van der Waals surface area contributed by atoms with Crippen LogP contribution >= 0.6 is 0 Å². The monoisotopic (exact) mass is 419 g/mol. The summed E-state index contributed by atoms with van der Waals surface area (Å²) >= 11 is 0. The molecule has 2 spiro atoms. The number of hydrogen-bond acceptors (Lipinski definition) is 5. The molecule has 0 atom stereocenters. The lowest BCUT2D eigenvalue weighted by atomic mass is 9.53. The number of amides is 1. The van der Waals surface area contributed by atoms with Crippen molar-refractivity contribution in [3.05, 3.63) is 22.9 Å². The second-order valence-electron chi connectivity index (χ2n) is 9.27. The zero-order valence-electron chi connectivity index (χ0n) is 20.2. The second kappa shape index (κ2) is 9.13. The van der Waals surface area contributed by atoms with E-state index in [0.717, 1.165) is 44.3 Å². The third-order valence-electron chi connectivity index (χ3n) is 6.20. The van der Waals surface area contributed by atoms with Crippen molar-refractivity contribution in [3.8, 4) is 0 Å². The highest BCUT2D eigenvalue weighted by atomic mass is 16.6. The van der Waals surface area contributed by atoms with Crippen molar-refractivity contribution in [2.45, 2.75) is 98.9 Å². The quantitative estimate of drug-likeness (QED) is 0.595. The van der Waals surface area contributed by atoms with Gasteiger partial charge in [0, 0.05) is 24.8 Å². The number of carbonyl (C=O) groups is 1. The average molecular weight is 420 g/mol. The van der Waals surface area contributed by atoms with Crippen molar-refractivity contribution in [2.75, 3.05) is 18.8 Å². The summed E-state index contributed by atoms with van der Waals surface area (Å²) in [4.78, 5) is 18.4. The maximum Gasteiger partial charge on any atom is 0.410 e. The molecule has 6 heteroatoms. The fourth-order valence-electron chi connectivity index (χ4n) is 4.99. The summed E-state index contributed by atoms with van der Waals surface area (Å²) in [7, 11) is 0. The molecule has 170 valence electrons. The van der Waals surface area contributed by atoms with Gasteiger partial charge in [-0.15, -0.1) is 0 Å². The van der Waals surface area contributed by atoms with Crippen molar-refractivity contribution in [3.63, 3.8) is 0 Å². The second-order valence-corrected chi connectivity index (χ2v) is 9.27. The van der Waals surface area contributed by atoms with Gasteiger partial charge < -0.3 is 20.1 Å². The van der Waals surface area contributed by atoms with E-state index in [-0.39, 0.29) is 17.1 Å². The molecule has 30 heavy (non-hydrogen) atoms. The Morgan fingerprint density at radius 2 is 1.73 bits per heavy atom. The highest BCUT2D eigenvalue weighted by Crippen LogP contribution is 2.64. The molecule has 3 aliphatic rings. The average Bonchev–Trinajstić information content (AvgIpc) is 3.06. The number of anilines is 1. The van der Waals surface area contributed by atoms with Crippen LogP contribution in [0.5, 0.6) is 0 Å². The van der Waals surface area contributed by atoms with Crippen molar-refractivity contribution in [1.29, 1.82) is 0 Å². The van der Waals surface area contributed by atoms with E-state index >= 15 is 0 Å². The Hall–Kier alpha value is -1.82. The van der Waals surface area contributed by atoms with Crippen molar-refractivity contribution < 1.29 is 14.3 Å². The number of nitrogens with zero attached hydrogens (tertiary/aromatic N) is 2. The highest BCUT2D eigenvalue weighted by molar-refractivity contribution is 5.68. The molecule has 0 aromatic carbocycles. The fraction of sp³-hybridized carbons (Fsp3) is 0.750. The minimum atomic E-state index is -0.445. The molecule has 2 fully saturated rings. The van der Waals surface area contributed by atoms with Crippen LogP contribution in [0, 0.1) is 12.3 Å². The minimum Gasteiger partial charge on any atom is -0.444 e. The van der Waals surface area contributed by atoms with E-state index in [1.165, 1.54) is 11.1 Å². The molecule has 1 aromatic rings. The van der Waals surface area contributed by atoms with Crippen LogP contribution in [-0.4, -0.2) is 34.7 Å². The Labute approximate surface area is 182 Å². The van der Waals surface area contributed by atoms with E-state index in [0.29, 0.717) is 12.4 Å². The molecule has 1 amide bonds. The number of carbonyl (C=O) groups excluding carboxylic acids is 1. The predicted octanol–water partition coefficient (Wildman–Crippen LogP) is 5.56. The lowest BCUT2D eigenvalue weighted by molar-refractivity contribution is -0.182. The van der Waals surface area contributed by atoms with Crippen LogP contribution in [0.2, 0.25) is 0 Å². The number of piperidine rings is 1. The smallest absolute Gasteiger partial charge is 0.410 e. The molecule has 6 nitrogen and oxygen atoms in total. The molecule has 1 saturated heterocycles. The van der Waals surface area contributed by atoms with Gasteiger partial charge in [-0.25, -0.2) is 9.78 Å². The van der Waals surface area contributed by atoms with Crippen LogP contribution in [0.1, 0.15) is 90.8 Å². The zero-order chi connectivity index (χ0) is 22.7. The third kappa shape index (κ3) is 4.58. The summed E-state index contributed by atoms with van der Waals surface area (Å²) in [5, 5.41) is 0. The van der Waals surface area contributed by atoms with Gasteiger partial charge in [-0.2, -0.15) is 0 Å². The van der Waals surface area contributed by atoms with Gasteiger partial charge in [0.1, 0.15) is 11.4 Å². The van der Waals surface area contributed by atoms with E-state index in [1.807, 2.05) is 66.5 Å². The van der Waals surface area contributed by atoms with Crippen molar-refractivity contribution in [1.82, 2.24) is 9.88 Å². The summed E-state index contributed by atoms with van der Waals surface area (Å²) in [5.41, 5.74) is 9.19. The van der Waals surface area contributed by atoms with E-state index in [9.17, 15) is 4.79 Å². The fourth-order valence-corrected chi connectivity index (χ4v) is 4.99. The molecule has 3 heterocycles. The number of fused-ring (bicyclic) bond motifs is 2. The van der Waals surface area contributed by atoms with Gasteiger partial charge in [0.05, 0.1) is 12.2 Å². The Balaban J connectivity index is 0.000000757. The number of pyridine rings is 1. The highest BCUT2D eigenvalue weighted by Gasteiger charge is 2.60. The molecule has 0 unspecified atom stereocenters. The first-order chi connectivity index (χ1) is 14.1. The first-order valence-corrected chi connectivity index (χ1v) is 11.5. The molecule has 1 aliphatic carbocycles. The summed E-state index contributed by atoms with van der Waals surface area (Å²) < 4.78 is 11.8. The number of hydrogen-bond donors (Lipinski definition) is 1. The maximum atomic E-state index is 12.3. The van der Waals surface area contributed by atoms with Crippen LogP contribution < -0.4 is 5.73 Å². The van der Waals surface area contributed by atoms with Crippen molar-refractivity contribution in [2.24, 2.45) is 5.41 Å². The maximum absolute atomic E-state index is 12.3. The Kier molecular flexibility index (Phi) is 7.44. The van der Waals surface area contributed by atoms with Crippen LogP contribution in [0.25, 0.3) is 0 Å². The van der Waals surface area contributed by atoms with Crippen LogP contribution in [0.3, 0.4) is 0 Å². The SMILES string of the molecule is CC.CC.Cc1c(N)ncc2c1C1(CC3(CCN(C(=O)OC(C)(C)C)CC3)C1)OC2. The molecular weight excluding hydrogens is 378 g/mol. The number of nitrogen functional groups attached to an aromatic ring is 1. The first-order valence-electron chi connectivity index (χ1n) is 11.5. The summed E-state index contributed by atoms with van der Waals surface area (Å²) in [5.74, 6) is 0.606. The zero-order valence-corrected chi connectivity index (χ0v) is 20.2. The molecule has 4 rings (SSSR count). The van der Waals surface area contributed by atoms with Crippen LogP contribution in [-0.2, 0) is 21.7 Å². The molecular formula is C24H41N3O3. The molecule has 2 N–H and O–H groups in total. The van der Waals surface area contributed by atoms with E-state index < -0.39 is 5.60 Å². The largest absolute Gasteiger partial charge is 0.444 e. The van der Waals surface area contributed by atoms with E-state index in [2.05, 4.69) is 4.98 Å². The topological polar surface area (TPSA) is 77.7 Å². The third-order valence-corrected chi connectivity index (χ3v) is 6.20. The normalized spacial score (nSPS) is 20.3. The van der Waals surface area contributed by atoms with Crippen LogP contribution in [0.15, 0.2) is 6.20 Å².